The Kier molecular flexibility index (Phi) is 4.03. The van der Waals surface area contributed by atoms with Gasteiger partial charge in [0, 0.05) is 12.6 Å². The molecule has 0 saturated heterocycles. The van der Waals surface area contributed by atoms with Gasteiger partial charge in [-0.05, 0) is 12.8 Å². The highest BCUT2D eigenvalue weighted by Crippen LogP contribution is 2.30. The van der Waals surface area contributed by atoms with Gasteiger partial charge in [-0.1, -0.05) is 19.3 Å². The maximum Gasteiger partial charge on any atom is 0.433 e. The Hall–Kier alpha value is -1.57. The van der Waals surface area contributed by atoms with Crippen LogP contribution < -0.4 is 11.1 Å². The molecule has 1 aromatic heterocycles. The van der Waals surface area contributed by atoms with Crippen molar-refractivity contribution in [2.45, 2.75) is 43.9 Å². The predicted molar refractivity (Wildman–Crippen MR) is 68.0 cm³/mol. The van der Waals surface area contributed by atoms with E-state index in [4.69, 9.17) is 5.73 Å². The van der Waals surface area contributed by atoms with Crippen molar-refractivity contribution in [2.24, 2.45) is 0 Å². The number of nitrogens with zero attached hydrogens (tertiary/aromatic N) is 2. The Morgan fingerprint density at radius 1 is 1.25 bits per heavy atom. The Balaban J connectivity index is 2.07. The summed E-state index contributed by atoms with van der Waals surface area (Å²) >= 11 is 0. The summed E-state index contributed by atoms with van der Waals surface area (Å²) in [5.41, 5.74) is 3.29. The van der Waals surface area contributed by atoms with Gasteiger partial charge in [-0.3, -0.25) is 0 Å². The van der Waals surface area contributed by atoms with Gasteiger partial charge in [0.15, 0.2) is 5.69 Å². The zero-order valence-electron chi connectivity index (χ0n) is 10.9. The van der Waals surface area contributed by atoms with Gasteiger partial charge in [-0.25, -0.2) is 4.98 Å². The Morgan fingerprint density at radius 2 is 1.90 bits per heavy atom. The molecule has 0 aromatic carbocycles. The molecule has 0 unspecified atom stereocenters. The molecule has 112 valence electrons. The summed E-state index contributed by atoms with van der Waals surface area (Å²) in [5.74, 6) is -0.471. The number of anilines is 2. The molecule has 0 atom stereocenters. The van der Waals surface area contributed by atoms with Crippen molar-refractivity contribution >= 4 is 11.8 Å². The minimum absolute atomic E-state index is 0.0242. The third-order valence-electron chi connectivity index (χ3n) is 3.42. The second kappa shape index (κ2) is 5.43. The number of nitrogens with one attached hydrogen (secondary N) is 1. The summed E-state index contributed by atoms with van der Waals surface area (Å²) in [6.45, 7) is 0.154. The summed E-state index contributed by atoms with van der Waals surface area (Å²) < 4.78 is 37.8. The molecular weight excluding hydrogens is 273 g/mol. The Bertz CT molecular complexity index is 472. The quantitative estimate of drug-likeness (QED) is 0.794. The molecule has 1 aliphatic carbocycles. The van der Waals surface area contributed by atoms with Gasteiger partial charge < -0.3 is 16.2 Å². The lowest BCUT2D eigenvalue weighted by Gasteiger charge is -2.32. The summed E-state index contributed by atoms with van der Waals surface area (Å²) in [6.07, 6.45) is -0.411. The van der Waals surface area contributed by atoms with Gasteiger partial charge in [0.25, 0.3) is 0 Å². The van der Waals surface area contributed by atoms with E-state index in [9.17, 15) is 18.3 Å². The number of nitrogens with two attached hydrogens (primary N) is 1. The third kappa shape index (κ3) is 3.72. The molecule has 5 nitrogen and oxygen atoms in total. The topological polar surface area (TPSA) is 84.1 Å². The van der Waals surface area contributed by atoms with E-state index in [-0.39, 0.29) is 12.4 Å². The molecule has 2 rings (SSSR count). The monoisotopic (exact) mass is 290 g/mol. The molecule has 0 aliphatic heterocycles. The first-order valence-corrected chi connectivity index (χ1v) is 6.47. The van der Waals surface area contributed by atoms with Crippen LogP contribution in [0.25, 0.3) is 0 Å². The minimum Gasteiger partial charge on any atom is -0.388 e. The molecule has 0 bridgehead atoms. The van der Waals surface area contributed by atoms with Crippen molar-refractivity contribution in [1.82, 2.24) is 9.97 Å². The number of aromatic nitrogens is 2. The van der Waals surface area contributed by atoms with Crippen LogP contribution in [-0.2, 0) is 6.18 Å². The van der Waals surface area contributed by atoms with Crippen LogP contribution in [0.15, 0.2) is 6.07 Å². The van der Waals surface area contributed by atoms with Crippen LogP contribution in [0, 0.1) is 0 Å². The number of alkyl halides is 3. The fraction of sp³-hybridized carbons (Fsp3) is 0.667. The van der Waals surface area contributed by atoms with Crippen molar-refractivity contribution in [3.63, 3.8) is 0 Å². The van der Waals surface area contributed by atoms with E-state index in [0.29, 0.717) is 12.8 Å². The van der Waals surface area contributed by atoms with E-state index < -0.39 is 23.4 Å². The lowest BCUT2D eigenvalue weighted by Crippen LogP contribution is -2.39. The maximum atomic E-state index is 12.6. The second-order valence-electron chi connectivity index (χ2n) is 5.13. The van der Waals surface area contributed by atoms with Crippen LogP contribution in [0.2, 0.25) is 0 Å². The first kappa shape index (κ1) is 14.8. The minimum atomic E-state index is -4.57. The molecule has 8 heteroatoms. The molecule has 1 fully saturated rings. The van der Waals surface area contributed by atoms with E-state index in [2.05, 4.69) is 15.3 Å². The number of hydrogen-bond acceptors (Lipinski definition) is 5. The first-order chi connectivity index (χ1) is 9.28. The lowest BCUT2D eigenvalue weighted by molar-refractivity contribution is -0.141. The maximum absolute atomic E-state index is 12.6. The van der Waals surface area contributed by atoms with Crippen LogP contribution >= 0.6 is 0 Å². The average Bonchev–Trinajstić information content (AvgIpc) is 2.36. The highest BCUT2D eigenvalue weighted by Gasteiger charge is 2.34. The first-order valence-electron chi connectivity index (χ1n) is 6.47. The molecule has 0 radical (unpaired) electrons. The van der Waals surface area contributed by atoms with Crippen molar-refractivity contribution in [1.29, 1.82) is 0 Å². The standard InChI is InChI=1S/C12H17F3N4O/c13-12(14,15)8-6-9(19-10(16)18-8)17-7-11(20)4-2-1-3-5-11/h6,20H,1-5,7H2,(H3,16,17,18,19). The van der Waals surface area contributed by atoms with E-state index in [0.717, 1.165) is 25.3 Å². The summed E-state index contributed by atoms with van der Waals surface area (Å²) in [7, 11) is 0. The fourth-order valence-electron chi connectivity index (χ4n) is 2.34. The zero-order valence-corrected chi connectivity index (χ0v) is 10.9. The van der Waals surface area contributed by atoms with Crippen LogP contribution in [0.5, 0.6) is 0 Å². The Morgan fingerprint density at radius 3 is 2.50 bits per heavy atom. The molecule has 1 heterocycles. The van der Waals surface area contributed by atoms with E-state index in [1.807, 2.05) is 0 Å². The normalized spacial score (nSPS) is 18.8. The molecule has 1 aromatic rings. The van der Waals surface area contributed by atoms with Gasteiger partial charge in [-0.15, -0.1) is 0 Å². The van der Waals surface area contributed by atoms with Crippen LogP contribution in [-0.4, -0.2) is 27.2 Å². The van der Waals surface area contributed by atoms with Crippen LogP contribution in [0.3, 0.4) is 0 Å². The van der Waals surface area contributed by atoms with Gasteiger partial charge in [0.1, 0.15) is 5.82 Å². The van der Waals surface area contributed by atoms with E-state index >= 15 is 0 Å². The molecular formula is C12H17F3N4O. The molecule has 20 heavy (non-hydrogen) atoms. The number of halogens is 3. The molecule has 1 saturated carbocycles. The van der Waals surface area contributed by atoms with Crippen molar-refractivity contribution in [3.05, 3.63) is 11.8 Å². The van der Waals surface area contributed by atoms with Crippen molar-refractivity contribution in [2.75, 3.05) is 17.6 Å². The van der Waals surface area contributed by atoms with Gasteiger partial charge in [-0.2, -0.15) is 18.2 Å². The number of rotatable bonds is 3. The molecule has 4 N–H and O–H groups in total. The van der Waals surface area contributed by atoms with E-state index in [1.165, 1.54) is 0 Å². The summed E-state index contributed by atoms with van der Waals surface area (Å²) in [6, 6.07) is 0.794. The van der Waals surface area contributed by atoms with Gasteiger partial charge in [0.05, 0.1) is 5.60 Å². The zero-order chi connectivity index (χ0) is 14.8. The molecule has 0 amide bonds. The van der Waals surface area contributed by atoms with Gasteiger partial charge in [0.2, 0.25) is 5.95 Å². The average molecular weight is 290 g/mol. The summed E-state index contributed by atoms with van der Waals surface area (Å²) in [5, 5.41) is 13.0. The fourth-order valence-corrected chi connectivity index (χ4v) is 2.34. The number of aliphatic hydroxyl groups is 1. The Labute approximate surface area is 114 Å². The van der Waals surface area contributed by atoms with Crippen molar-refractivity contribution < 1.29 is 18.3 Å². The van der Waals surface area contributed by atoms with Crippen LogP contribution in [0.4, 0.5) is 24.9 Å². The molecule has 1 aliphatic rings. The molecule has 0 spiro atoms. The predicted octanol–water partition coefficient (Wildman–Crippen LogP) is 2.18. The lowest BCUT2D eigenvalue weighted by atomic mass is 9.85. The number of nitrogen functional groups attached to an aromatic ring is 1. The number of hydrogen-bond donors (Lipinski definition) is 3. The highest BCUT2D eigenvalue weighted by molar-refractivity contribution is 5.41. The van der Waals surface area contributed by atoms with Crippen molar-refractivity contribution in [3.8, 4) is 0 Å². The van der Waals surface area contributed by atoms with Gasteiger partial charge >= 0.3 is 6.18 Å². The van der Waals surface area contributed by atoms with Crippen LogP contribution in [0.1, 0.15) is 37.8 Å². The third-order valence-corrected chi connectivity index (χ3v) is 3.42. The summed E-state index contributed by atoms with van der Waals surface area (Å²) in [4.78, 5) is 6.86. The second-order valence-corrected chi connectivity index (χ2v) is 5.13. The van der Waals surface area contributed by atoms with E-state index in [1.54, 1.807) is 0 Å². The SMILES string of the molecule is Nc1nc(NCC2(O)CCCCC2)cc(C(F)(F)F)n1. The largest absolute Gasteiger partial charge is 0.433 e. The smallest absolute Gasteiger partial charge is 0.388 e. The highest BCUT2D eigenvalue weighted by atomic mass is 19.4.